The third kappa shape index (κ3) is 7.67. The first-order valence-corrected chi connectivity index (χ1v) is 7.72. The number of carbonyl (C=O) groups excluding carboxylic acids is 1. The number of carboxylic acids is 1. The molecule has 0 bridgehead atoms. The zero-order chi connectivity index (χ0) is 16.4. The summed E-state index contributed by atoms with van der Waals surface area (Å²) in [5, 5.41) is 11.4. The number of rotatable bonds is 10. The van der Waals surface area contributed by atoms with Gasteiger partial charge in [0.25, 0.3) is 5.91 Å². The molecule has 5 heteroatoms. The second kappa shape index (κ2) is 9.82. The molecule has 1 rings (SSSR count). The van der Waals surface area contributed by atoms with Gasteiger partial charge >= 0.3 is 5.97 Å². The van der Waals surface area contributed by atoms with Crippen LogP contribution in [-0.2, 0) is 9.59 Å². The summed E-state index contributed by atoms with van der Waals surface area (Å²) in [7, 11) is 0. The molecular weight excluding hydrogens is 282 g/mol. The van der Waals surface area contributed by atoms with Gasteiger partial charge < -0.3 is 15.2 Å². The van der Waals surface area contributed by atoms with Gasteiger partial charge in [-0.05, 0) is 44.4 Å². The minimum Gasteiger partial charge on any atom is -0.481 e. The van der Waals surface area contributed by atoms with Gasteiger partial charge in [-0.15, -0.1) is 0 Å². The minimum atomic E-state index is -0.754. The summed E-state index contributed by atoms with van der Waals surface area (Å²) in [6.45, 7) is 4.29. The first-order chi connectivity index (χ1) is 10.5. The number of carbonyl (C=O) groups is 2. The smallest absolute Gasteiger partial charge is 0.303 e. The zero-order valence-corrected chi connectivity index (χ0v) is 13.3. The fourth-order valence-corrected chi connectivity index (χ4v) is 2.06. The SMILES string of the molecule is Cc1cccc(OC(C)C(=O)NCCCCCCC(=O)O)c1. The summed E-state index contributed by atoms with van der Waals surface area (Å²) < 4.78 is 5.60. The van der Waals surface area contributed by atoms with Gasteiger partial charge in [-0.25, -0.2) is 0 Å². The van der Waals surface area contributed by atoms with Crippen molar-refractivity contribution >= 4 is 11.9 Å². The summed E-state index contributed by atoms with van der Waals surface area (Å²) >= 11 is 0. The third-order valence-corrected chi connectivity index (χ3v) is 3.29. The van der Waals surface area contributed by atoms with Crippen LogP contribution in [0.15, 0.2) is 24.3 Å². The molecule has 0 saturated heterocycles. The number of unbranched alkanes of at least 4 members (excludes halogenated alkanes) is 3. The van der Waals surface area contributed by atoms with Crippen molar-refractivity contribution in [2.24, 2.45) is 0 Å². The number of carboxylic acid groups (broad SMARTS) is 1. The molecule has 1 aromatic carbocycles. The van der Waals surface area contributed by atoms with E-state index in [1.54, 1.807) is 6.92 Å². The number of ether oxygens (including phenoxy) is 1. The molecule has 0 aliphatic carbocycles. The predicted octanol–water partition coefficient (Wildman–Crippen LogP) is 2.91. The Bertz CT molecular complexity index is 487. The maximum absolute atomic E-state index is 11.9. The number of aryl methyl sites for hydroxylation is 1. The van der Waals surface area contributed by atoms with Crippen LogP contribution >= 0.6 is 0 Å². The third-order valence-electron chi connectivity index (χ3n) is 3.29. The molecule has 0 radical (unpaired) electrons. The Morgan fingerprint density at radius 3 is 2.64 bits per heavy atom. The Balaban J connectivity index is 2.15. The van der Waals surface area contributed by atoms with Crippen molar-refractivity contribution in [1.29, 1.82) is 0 Å². The van der Waals surface area contributed by atoms with Crippen molar-refractivity contribution in [1.82, 2.24) is 5.32 Å². The molecule has 0 aromatic heterocycles. The van der Waals surface area contributed by atoms with Crippen LogP contribution in [0, 0.1) is 6.92 Å². The number of amides is 1. The van der Waals surface area contributed by atoms with Gasteiger partial charge in [0.2, 0.25) is 0 Å². The first kappa shape index (κ1) is 18.0. The van der Waals surface area contributed by atoms with E-state index in [0.29, 0.717) is 18.7 Å². The van der Waals surface area contributed by atoms with Crippen molar-refractivity contribution in [3.05, 3.63) is 29.8 Å². The number of hydrogen-bond donors (Lipinski definition) is 2. The molecule has 22 heavy (non-hydrogen) atoms. The van der Waals surface area contributed by atoms with E-state index < -0.39 is 12.1 Å². The maximum Gasteiger partial charge on any atom is 0.303 e. The van der Waals surface area contributed by atoms with E-state index in [1.807, 2.05) is 31.2 Å². The van der Waals surface area contributed by atoms with Crippen molar-refractivity contribution in [2.75, 3.05) is 6.54 Å². The summed E-state index contributed by atoms with van der Waals surface area (Å²) in [6, 6.07) is 7.60. The van der Waals surface area contributed by atoms with E-state index in [9.17, 15) is 9.59 Å². The maximum atomic E-state index is 11.9. The summed E-state index contributed by atoms with van der Waals surface area (Å²) in [4.78, 5) is 22.2. The first-order valence-electron chi connectivity index (χ1n) is 7.72. The van der Waals surface area contributed by atoms with Crippen molar-refractivity contribution in [3.63, 3.8) is 0 Å². The van der Waals surface area contributed by atoms with Crippen LogP contribution in [0.1, 0.15) is 44.6 Å². The quantitative estimate of drug-likeness (QED) is 0.652. The molecule has 0 aliphatic heterocycles. The van der Waals surface area contributed by atoms with Crippen LogP contribution in [0.3, 0.4) is 0 Å². The molecule has 1 unspecified atom stereocenters. The van der Waals surface area contributed by atoms with Gasteiger partial charge in [0.15, 0.2) is 6.10 Å². The molecule has 5 nitrogen and oxygen atoms in total. The lowest BCUT2D eigenvalue weighted by Gasteiger charge is -2.15. The van der Waals surface area contributed by atoms with Gasteiger partial charge in [-0.1, -0.05) is 25.0 Å². The van der Waals surface area contributed by atoms with E-state index in [4.69, 9.17) is 9.84 Å². The van der Waals surface area contributed by atoms with Crippen molar-refractivity contribution in [3.8, 4) is 5.75 Å². The highest BCUT2D eigenvalue weighted by molar-refractivity contribution is 5.80. The minimum absolute atomic E-state index is 0.132. The predicted molar refractivity (Wildman–Crippen MR) is 85.0 cm³/mol. The molecule has 0 spiro atoms. The van der Waals surface area contributed by atoms with Gasteiger partial charge in [-0.2, -0.15) is 0 Å². The highest BCUT2D eigenvalue weighted by Gasteiger charge is 2.13. The molecule has 122 valence electrons. The monoisotopic (exact) mass is 307 g/mol. The molecule has 0 heterocycles. The molecule has 0 aliphatic rings. The Morgan fingerprint density at radius 1 is 1.23 bits per heavy atom. The van der Waals surface area contributed by atoms with Gasteiger partial charge in [0.1, 0.15) is 5.75 Å². The van der Waals surface area contributed by atoms with Gasteiger partial charge in [0.05, 0.1) is 0 Å². The van der Waals surface area contributed by atoms with E-state index >= 15 is 0 Å². The number of nitrogens with one attached hydrogen (secondary N) is 1. The molecular formula is C17H25NO4. The van der Waals surface area contributed by atoms with E-state index in [2.05, 4.69) is 5.32 Å². The lowest BCUT2D eigenvalue weighted by Crippen LogP contribution is -2.36. The normalized spacial score (nSPS) is 11.7. The fourth-order valence-electron chi connectivity index (χ4n) is 2.06. The lowest BCUT2D eigenvalue weighted by molar-refractivity contribution is -0.137. The Labute approximate surface area is 131 Å². The van der Waals surface area contributed by atoms with Crippen LogP contribution < -0.4 is 10.1 Å². The molecule has 0 fully saturated rings. The average Bonchev–Trinajstić information content (AvgIpc) is 2.45. The lowest BCUT2D eigenvalue weighted by atomic mass is 10.1. The summed E-state index contributed by atoms with van der Waals surface area (Å²) in [5.41, 5.74) is 1.09. The largest absolute Gasteiger partial charge is 0.481 e. The average molecular weight is 307 g/mol. The second-order valence-electron chi connectivity index (χ2n) is 5.43. The van der Waals surface area contributed by atoms with E-state index in [1.165, 1.54) is 0 Å². The Morgan fingerprint density at radius 2 is 1.95 bits per heavy atom. The Kier molecular flexibility index (Phi) is 8.04. The number of benzene rings is 1. The molecule has 0 saturated carbocycles. The zero-order valence-electron chi connectivity index (χ0n) is 13.3. The molecule has 1 aromatic rings. The summed E-state index contributed by atoms with van der Waals surface area (Å²) in [6.07, 6.45) is 3.01. The van der Waals surface area contributed by atoms with Crippen molar-refractivity contribution < 1.29 is 19.4 Å². The molecule has 1 atom stereocenters. The topological polar surface area (TPSA) is 75.6 Å². The highest BCUT2D eigenvalue weighted by Crippen LogP contribution is 2.14. The summed E-state index contributed by atoms with van der Waals surface area (Å²) in [5.74, 6) is -0.196. The van der Waals surface area contributed by atoms with Crippen LogP contribution in [-0.4, -0.2) is 29.6 Å². The molecule has 1 amide bonds. The van der Waals surface area contributed by atoms with Crippen LogP contribution in [0.5, 0.6) is 5.75 Å². The van der Waals surface area contributed by atoms with Crippen molar-refractivity contribution in [2.45, 2.75) is 52.1 Å². The highest BCUT2D eigenvalue weighted by atomic mass is 16.5. The second-order valence-corrected chi connectivity index (χ2v) is 5.43. The van der Waals surface area contributed by atoms with Crippen LogP contribution in [0.4, 0.5) is 0 Å². The van der Waals surface area contributed by atoms with Gasteiger partial charge in [-0.3, -0.25) is 9.59 Å². The van der Waals surface area contributed by atoms with E-state index in [0.717, 1.165) is 24.8 Å². The van der Waals surface area contributed by atoms with Crippen LogP contribution in [0.25, 0.3) is 0 Å². The standard InChI is InChI=1S/C17H25NO4/c1-13-8-7-9-15(12-13)22-14(2)17(21)18-11-6-4-3-5-10-16(19)20/h7-9,12,14H,3-6,10-11H2,1-2H3,(H,18,21)(H,19,20). The van der Waals surface area contributed by atoms with E-state index in [-0.39, 0.29) is 12.3 Å². The van der Waals surface area contributed by atoms with Crippen LogP contribution in [0.2, 0.25) is 0 Å². The Hall–Kier alpha value is -2.04. The molecule has 2 N–H and O–H groups in total. The number of hydrogen-bond acceptors (Lipinski definition) is 3. The van der Waals surface area contributed by atoms with Gasteiger partial charge in [0, 0.05) is 13.0 Å². The fraction of sp³-hybridized carbons (Fsp3) is 0.529. The number of aliphatic carboxylic acids is 1.